The molecule has 1 heterocycles. The molecule has 5 nitrogen and oxygen atoms in total. The summed E-state index contributed by atoms with van der Waals surface area (Å²) in [5.41, 5.74) is 7.43. The number of hydrogen-bond acceptors (Lipinski definition) is 4. The van der Waals surface area contributed by atoms with Gasteiger partial charge in [0.1, 0.15) is 5.75 Å². The molecule has 2 rings (SSSR count). The molecule has 0 aliphatic heterocycles. The van der Waals surface area contributed by atoms with Crippen LogP contribution in [-0.4, -0.2) is 16.9 Å². The van der Waals surface area contributed by atoms with E-state index in [0.717, 1.165) is 35.4 Å². The monoisotopic (exact) mass is 288 g/mol. The van der Waals surface area contributed by atoms with Crippen molar-refractivity contribution >= 4 is 0 Å². The zero-order chi connectivity index (χ0) is 15.4. The molecule has 1 atom stereocenters. The number of nitrogens with one attached hydrogen (secondary N) is 1. The molecule has 0 fully saturated rings. The summed E-state index contributed by atoms with van der Waals surface area (Å²) in [5, 5.41) is 4.48. The molecule has 0 aliphatic carbocycles. The summed E-state index contributed by atoms with van der Waals surface area (Å²) in [6.45, 7) is 4.15. The van der Waals surface area contributed by atoms with Crippen LogP contribution >= 0.6 is 0 Å². The third-order valence-corrected chi connectivity index (χ3v) is 3.83. The number of hydrogen-bond donors (Lipinski definition) is 2. The molecule has 0 amide bonds. The first-order chi connectivity index (χ1) is 10.1. The van der Waals surface area contributed by atoms with Crippen molar-refractivity contribution in [3.05, 3.63) is 46.8 Å². The molecule has 21 heavy (non-hydrogen) atoms. The summed E-state index contributed by atoms with van der Waals surface area (Å²) in [7, 11) is 3.66. The van der Waals surface area contributed by atoms with Gasteiger partial charge in [-0.25, -0.2) is 0 Å². The van der Waals surface area contributed by atoms with Crippen LogP contribution in [0.15, 0.2) is 24.3 Å². The quantitative estimate of drug-likeness (QED) is 0.631. The minimum Gasteiger partial charge on any atom is -0.496 e. The summed E-state index contributed by atoms with van der Waals surface area (Å²) in [5.74, 6) is 6.64. The van der Waals surface area contributed by atoms with Crippen molar-refractivity contribution < 1.29 is 4.74 Å². The molecule has 1 aromatic heterocycles. The van der Waals surface area contributed by atoms with Gasteiger partial charge in [0, 0.05) is 19.2 Å². The van der Waals surface area contributed by atoms with E-state index in [4.69, 9.17) is 10.6 Å². The van der Waals surface area contributed by atoms with Gasteiger partial charge >= 0.3 is 0 Å². The highest BCUT2D eigenvalue weighted by Gasteiger charge is 2.15. The Morgan fingerprint density at radius 1 is 1.38 bits per heavy atom. The second-order valence-electron chi connectivity index (χ2n) is 5.26. The molecular formula is C16H24N4O. The van der Waals surface area contributed by atoms with Gasteiger partial charge in [0.15, 0.2) is 0 Å². The van der Waals surface area contributed by atoms with E-state index in [1.54, 1.807) is 7.11 Å². The lowest BCUT2D eigenvalue weighted by Gasteiger charge is -2.18. The van der Waals surface area contributed by atoms with Gasteiger partial charge in [-0.3, -0.25) is 16.0 Å². The normalized spacial score (nSPS) is 12.4. The largest absolute Gasteiger partial charge is 0.496 e. The molecule has 0 aliphatic rings. The fourth-order valence-corrected chi connectivity index (χ4v) is 2.54. The van der Waals surface area contributed by atoms with Crippen molar-refractivity contribution in [1.82, 2.24) is 15.2 Å². The van der Waals surface area contributed by atoms with Crippen LogP contribution in [0.3, 0.4) is 0 Å². The summed E-state index contributed by atoms with van der Waals surface area (Å²) in [6, 6.07) is 8.33. The molecule has 3 N–H and O–H groups in total. The van der Waals surface area contributed by atoms with E-state index in [2.05, 4.69) is 29.6 Å². The van der Waals surface area contributed by atoms with Crippen molar-refractivity contribution in [2.75, 3.05) is 7.11 Å². The minimum atomic E-state index is 0.0507. The maximum Gasteiger partial charge on any atom is 0.121 e. The standard InChI is InChI=1S/C16H24N4O/c1-5-13-9-14(20(3)19-13)10-15(18-17)12-6-7-16(21-4)11(2)8-12/h6-9,15,18H,5,10,17H2,1-4H3. The Bertz CT molecular complexity index is 606. The van der Waals surface area contributed by atoms with Crippen LogP contribution in [0, 0.1) is 6.92 Å². The minimum absolute atomic E-state index is 0.0507. The fraction of sp³-hybridized carbons (Fsp3) is 0.438. The van der Waals surface area contributed by atoms with Crippen LogP contribution in [-0.2, 0) is 19.9 Å². The highest BCUT2D eigenvalue weighted by molar-refractivity contribution is 5.37. The van der Waals surface area contributed by atoms with E-state index < -0.39 is 0 Å². The number of methoxy groups -OCH3 is 1. The van der Waals surface area contributed by atoms with Crippen LogP contribution in [0.5, 0.6) is 5.75 Å². The van der Waals surface area contributed by atoms with Gasteiger partial charge in [0.05, 0.1) is 18.8 Å². The van der Waals surface area contributed by atoms with Gasteiger partial charge in [0.25, 0.3) is 0 Å². The number of nitrogens with two attached hydrogens (primary N) is 1. The molecule has 0 spiro atoms. The maximum absolute atomic E-state index is 5.75. The Morgan fingerprint density at radius 3 is 2.67 bits per heavy atom. The van der Waals surface area contributed by atoms with Crippen LogP contribution in [0.1, 0.15) is 35.5 Å². The first kappa shape index (κ1) is 15.5. The molecule has 0 bridgehead atoms. The van der Waals surface area contributed by atoms with E-state index in [0.29, 0.717) is 0 Å². The van der Waals surface area contributed by atoms with Crippen molar-refractivity contribution in [2.24, 2.45) is 12.9 Å². The zero-order valence-electron chi connectivity index (χ0n) is 13.2. The van der Waals surface area contributed by atoms with Gasteiger partial charge < -0.3 is 4.74 Å². The number of aryl methyl sites for hydroxylation is 3. The van der Waals surface area contributed by atoms with Gasteiger partial charge in [-0.1, -0.05) is 19.1 Å². The Kier molecular flexibility index (Phi) is 4.98. The van der Waals surface area contributed by atoms with Gasteiger partial charge in [0.2, 0.25) is 0 Å². The maximum atomic E-state index is 5.75. The van der Waals surface area contributed by atoms with E-state index in [-0.39, 0.29) is 6.04 Å². The highest BCUT2D eigenvalue weighted by Crippen LogP contribution is 2.24. The van der Waals surface area contributed by atoms with Crippen LogP contribution in [0.4, 0.5) is 0 Å². The molecule has 114 valence electrons. The fourth-order valence-electron chi connectivity index (χ4n) is 2.54. The summed E-state index contributed by atoms with van der Waals surface area (Å²) >= 11 is 0. The number of nitrogens with zero attached hydrogens (tertiary/aromatic N) is 2. The topological polar surface area (TPSA) is 65.1 Å². The lowest BCUT2D eigenvalue weighted by molar-refractivity contribution is 0.411. The van der Waals surface area contributed by atoms with Gasteiger partial charge in [-0.15, -0.1) is 0 Å². The first-order valence-corrected chi connectivity index (χ1v) is 7.21. The Balaban J connectivity index is 2.23. The molecular weight excluding hydrogens is 264 g/mol. The Labute approximate surface area is 126 Å². The lowest BCUT2D eigenvalue weighted by Crippen LogP contribution is -2.30. The smallest absolute Gasteiger partial charge is 0.121 e. The SMILES string of the molecule is CCc1cc(CC(NN)c2ccc(OC)c(C)c2)n(C)n1. The molecule has 0 saturated heterocycles. The van der Waals surface area contributed by atoms with Gasteiger partial charge in [-0.2, -0.15) is 5.10 Å². The van der Waals surface area contributed by atoms with Crippen LogP contribution < -0.4 is 16.0 Å². The predicted molar refractivity (Wildman–Crippen MR) is 84.1 cm³/mol. The third-order valence-electron chi connectivity index (χ3n) is 3.83. The molecule has 2 aromatic rings. The average Bonchev–Trinajstić information content (AvgIpc) is 2.85. The number of aromatic nitrogens is 2. The first-order valence-electron chi connectivity index (χ1n) is 7.21. The summed E-state index contributed by atoms with van der Waals surface area (Å²) in [4.78, 5) is 0. The third kappa shape index (κ3) is 3.43. The van der Waals surface area contributed by atoms with Crippen molar-refractivity contribution in [3.63, 3.8) is 0 Å². The van der Waals surface area contributed by atoms with Crippen LogP contribution in [0.2, 0.25) is 0 Å². The number of rotatable bonds is 6. The van der Waals surface area contributed by atoms with Crippen molar-refractivity contribution in [2.45, 2.75) is 32.7 Å². The van der Waals surface area contributed by atoms with Crippen molar-refractivity contribution in [3.8, 4) is 5.75 Å². The predicted octanol–water partition coefficient (Wildman–Crippen LogP) is 2.05. The second-order valence-corrected chi connectivity index (χ2v) is 5.26. The second kappa shape index (κ2) is 6.74. The van der Waals surface area contributed by atoms with E-state index in [1.807, 2.05) is 30.8 Å². The highest BCUT2D eigenvalue weighted by atomic mass is 16.5. The number of benzene rings is 1. The lowest BCUT2D eigenvalue weighted by atomic mass is 10.00. The zero-order valence-corrected chi connectivity index (χ0v) is 13.2. The molecule has 0 saturated carbocycles. The molecule has 0 radical (unpaired) electrons. The van der Waals surface area contributed by atoms with Crippen LogP contribution in [0.25, 0.3) is 0 Å². The van der Waals surface area contributed by atoms with Crippen molar-refractivity contribution in [1.29, 1.82) is 0 Å². The van der Waals surface area contributed by atoms with E-state index in [1.165, 1.54) is 5.69 Å². The Hall–Kier alpha value is -1.85. The Morgan fingerprint density at radius 2 is 2.14 bits per heavy atom. The molecule has 5 heteroatoms. The molecule has 1 unspecified atom stereocenters. The summed E-state index contributed by atoms with van der Waals surface area (Å²) < 4.78 is 7.23. The molecule has 1 aromatic carbocycles. The van der Waals surface area contributed by atoms with Gasteiger partial charge in [-0.05, 0) is 36.6 Å². The van der Waals surface area contributed by atoms with E-state index in [9.17, 15) is 0 Å². The summed E-state index contributed by atoms with van der Waals surface area (Å²) in [6.07, 6.45) is 1.74. The number of hydrazine groups is 1. The average molecular weight is 288 g/mol. The van der Waals surface area contributed by atoms with E-state index >= 15 is 0 Å². The number of ether oxygens (including phenoxy) is 1.